The molecule has 0 radical (unpaired) electrons. The van der Waals surface area contributed by atoms with Gasteiger partial charge in [0.05, 0.1) is 40.0 Å². The first-order valence-corrected chi connectivity index (χ1v) is 7.85. The molecule has 0 spiro atoms. The van der Waals surface area contributed by atoms with E-state index < -0.39 is 10.8 Å². The SMILES string of the molecule is Cc1ccc([N+](=O)[O-])cc1C(=O)N(C)/N=C/c1cnn2ccc(C#N)cc12. The minimum absolute atomic E-state index is 0.159. The number of benzene rings is 1. The van der Waals surface area contributed by atoms with Gasteiger partial charge < -0.3 is 0 Å². The maximum atomic E-state index is 12.6. The molecule has 0 aliphatic rings. The van der Waals surface area contributed by atoms with Crippen molar-refractivity contribution < 1.29 is 9.72 Å². The van der Waals surface area contributed by atoms with Crippen LogP contribution in [0.5, 0.6) is 0 Å². The average Bonchev–Trinajstić information content (AvgIpc) is 3.07. The first-order valence-electron chi connectivity index (χ1n) is 7.85. The maximum Gasteiger partial charge on any atom is 0.274 e. The highest BCUT2D eigenvalue weighted by molar-refractivity contribution is 5.97. The van der Waals surface area contributed by atoms with Gasteiger partial charge in [-0.25, -0.2) is 9.52 Å². The van der Waals surface area contributed by atoms with E-state index in [1.807, 2.05) is 0 Å². The molecule has 9 heteroatoms. The summed E-state index contributed by atoms with van der Waals surface area (Å²) in [6.45, 7) is 1.70. The predicted octanol–water partition coefficient (Wildman–Crippen LogP) is 2.53. The summed E-state index contributed by atoms with van der Waals surface area (Å²) < 4.78 is 1.59. The Bertz CT molecular complexity index is 1130. The summed E-state index contributed by atoms with van der Waals surface area (Å²) in [5.41, 5.74) is 2.44. The van der Waals surface area contributed by atoms with Crippen molar-refractivity contribution in [2.45, 2.75) is 6.92 Å². The number of nitriles is 1. The standard InChI is InChI=1S/C18H14N6O3/c1-12-3-4-15(24(26)27)8-16(12)18(25)22(2)20-10-14-11-21-23-6-5-13(9-19)7-17(14)23/h3-8,10-11H,1-2H3/b20-10+. The van der Waals surface area contributed by atoms with Gasteiger partial charge in [0.25, 0.3) is 11.6 Å². The van der Waals surface area contributed by atoms with Crippen molar-refractivity contribution in [3.63, 3.8) is 0 Å². The monoisotopic (exact) mass is 362 g/mol. The number of aryl methyl sites for hydroxylation is 1. The van der Waals surface area contributed by atoms with Crippen LogP contribution in [0.2, 0.25) is 0 Å². The Labute approximate surface area is 153 Å². The number of hydrogen-bond acceptors (Lipinski definition) is 6. The molecule has 0 saturated carbocycles. The summed E-state index contributed by atoms with van der Waals surface area (Å²) in [4.78, 5) is 23.0. The van der Waals surface area contributed by atoms with E-state index in [-0.39, 0.29) is 11.3 Å². The van der Waals surface area contributed by atoms with E-state index in [0.717, 1.165) is 5.01 Å². The summed E-state index contributed by atoms with van der Waals surface area (Å²) in [6, 6.07) is 9.47. The molecule has 1 aromatic carbocycles. The van der Waals surface area contributed by atoms with E-state index in [1.165, 1.54) is 31.5 Å². The molecule has 0 aliphatic carbocycles. The molecule has 0 N–H and O–H groups in total. The van der Waals surface area contributed by atoms with Crippen molar-refractivity contribution >= 4 is 23.3 Å². The van der Waals surface area contributed by atoms with Crippen LogP contribution in [0.1, 0.15) is 27.0 Å². The normalized spacial score (nSPS) is 10.9. The van der Waals surface area contributed by atoms with Crippen molar-refractivity contribution in [2.75, 3.05) is 7.05 Å². The number of carbonyl (C=O) groups is 1. The second-order valence-electron chi connectivity index (χ2n) is 5.79. The maximum absolute atomic E-state index is 12.6. The molecule has 0 bridgehead atoms. The van der Waals surface area contributed by atoms with Crippen molar-refractivity contribution in [1.29, 1.82) is 5.26 Å². The molecule has 27 heavy (non-hydrogen) atoms. The van der Waals surface area contributed by atoms with Crippen molar-refractivity contribution in [3.05, 3.63) is 75.1 Å². The third kappa shape index (κ3) is 3.50. The van der Waals surface area contributed by atoms with E-state index in [4.69, 9.17) is 5.26 Å². The van der Waals surface area contributed by atoms with Crippen LogP contribution < -0.4 is 0 Å². The largest absolute Gasteiger partial charge is 0.274 e. The molecule has 3 rings (SSSR count). The van der Waals surface area contributed by atoms with Gasteiger partial charge in [0.1, 0.15) is 0 Å². The summed E-state index contributed by atoms with van der Waals surface area (Å²) in [7, 11) is 1.46. The fourth-order valence-corrected chi connectivity index (χ4v) is 2.50. The fourth-order valence-electron chi connectivity index (χ4n) is 2.50. The van der Waals surface area contributed by atoms with Gasteiger partial charge in [0.15, 0.2) is 0 Å². The molecule has 9 nitrogen and oxygen atoms in total. The minimum atomic E-state index is -0.550. The molecule has 1 amide bonds. The summed E-state index contributed by atoms with van der Waals surface area (Å²) in [5, 5.41) is 29.3. The fraction of sp³-hybridized carbons (Fsp3) is 0.111. The van der Waals surface area contributed by atoms with Crippen LogP contribution in [-0.4, -0.2) is 38.7 Å². The number of hydrazone groups is 1. The lowest BCUT2D eigenvalue weighted by molar-refractivity contribution is -0.384. The number of nitrogens with zero attached hydrogens (tertiary/aromatic N) is 6. The Morgan fingerprint density at radius 1 is 1.41 bits per heavy atom. The minimum Gasteiger partial charge on any atom is -0.267 e. The van der Waals surface area contributed by atoms with Crippen LogP contribution in [0.3, 0.4) is 0 Å². The van der Waals surface area contributed by atoms with Crippen LogP contribution in [0.15, 0.2) is 47.8 Å². The number of carbonyl (C=O) groups excluding carboxylic acids is 1. The van der Waals surface area contributed by atoms with Crippen LogP contribution in [0, 0.1) is 28.4 Å². The van der Waals surface area contributed by atoms with Gasteiger partial charge in [-0.15, -0.1) is 0 Å². The van der Waals surface area contributed by atoms with E-state index in [2.05, 4.69) is 16.3 Å². The van der Waals surface area contributed by atoms with Gasteiger partial charge in [0.2, 0.25) is 0 Å². The van der Waals surface area contributed by atoms with Crippen molar-refractivity contribution in [2.24, 2.45) is 5.10 Å². The van der Waals surface area contributed by atoms with E-state index >= 15 is 0 Å². The van der Waals surface area contributed by atoms with Crippen LogP contribution in [0.4, 0.5) is 5.69 Å². The van der Waals surface area contributed by atoms with E-state index in [1.54, 1.807) is 36.0 Å². The van der Waals surface area contributed by atoms with Gasteiger partial charge >= 0.3 is 0 Å². The number of fused-ring (bicyclic) bond motifs is 1. The number of non-ortho nitro benzene ring substituents is 1. The van der Waals surface area contributed by atoms with Gasteiger partial charge in [-0.1, -0.05) is 6.07 Å². The highest BCUT2D eigenvalue weighted by atomic mass is 16.6. The summed E-state index contributed by atoms with van der Waals surface area (Å²) >= 11 is 0. The number of amides is 1. The lowest BCUT2D eigenvalue weighted by Crippen LogP contribution is -2.22. The van der Waals surface area contributed by atoms with Crippen LogP contribution in [-0.2, 0) is 0 Å². The Balaban J connectivity index is 1.88. The summed E-state index contributed by atoms with van der Waals surface area (Å²) in [5.74, 6) is -0.471. The smallest absolute Gasteiger partial charge is 0.267 e. The van der Waals surface area contributed by atoms with Gasteiger partial charge in [-0.2, -0.15) is 15.5 Å². The quantitative estimate of drug-likeness (QED) is 0.401. The number of aromatic nitrogens is 2. The lowest BCUT2D eigenvalue weighted by Gasteiger charge is -2.12. The van der Waals surface area contributed by atoms with Crippen molar-refractivity contribution in [3.8, 4) is 6.07 Å². The average molecular weight is 362 g/mol. The predicted molar refractivity (Wildman–Crippen MR) is 97.4 cm³/mol. The number of nitro groups is 1. The van der Waals surface area contributed by atoms with Gasteiger partial charge in [-0.3, -0.25) is 14.9 Å². The Morgan fingerprint density at radius 2 is 2.19 bits per heavy atom. The molecule has 2 heterocycles. The highest BCUT2D eigenvalue weighted by Crippen LogP contribution is 2.19. The Kier molecular flexibility index (Phi) is 4.64. The topological polar surface area (TPSA) is 117 Å². The Hall–Kier alpha value is -4.06. The first-order chi connectivity index (χ1) is 12.9. The molecule has 2 aromatic heterocycles. The van der Waals surface area contributed by atoms with Crippen LogP contribution in [0.25, 0.3) is 5.52 Å². The molecule has 0 saturated heterocycles. The first kappa shape index (κ1) is 17.8. The summed E-state index contributed by atoms with van der Waals surface area (Å²) in [6.07, 6.45) is 4.68. The molecule has 0 fully saturated rings. The van der Waals surface area contributed by atoms with E-state index in [9.17, 15) is 14.9 Å². The molecule has 3 aromatic rings. The third-order valence-electron chi connectivity index (χ3n) is 4.01. The highest BCUT2D eigenvalue weighted by Gasteiger charge is 2.17. The van der Waals surface area contributed by atoms with Crippen LogP contribution >= 0.6 is 0 Å². The number of nitro benzene ring substituents is 1. The molecule has 134 valence electrons. The lowest BCUT2D eigenvalue weighted by atomic mass is 10.1. The second-order valence-corrected chi connectivity index (χ2v) is 5.79. The van der Waals surface area contributed by atoms with Crippen molar-refractivity contribution in [1.82, 2.24) is 14.6 Å². The zero-order chi connectivity index (χ0) is 19.6. The molecule has 0 atom stereocenters. The zero-order valence-electron chi connectivity index (χ0n) is 14.5. The number of rotatable bonds is 4. The van der Waals surface area contributed by atoms with Gasteiger partial charge in [-0.05, 0) is 24.6 Å². The number of pyridine rings is 1. The Morgan fingerprint density at radius 3 is 2.89 bits per heavy atom. The molecular formula is C18H14N6O3. The zero-order valence-corrected chi connectivity index (χ0v) is 14.5. The third-order valence-corrected chi connectivity index (χ3v) is 4.01. The number of hydrogen-bond donors (Lipinski definition) is 0. The molecular weight excluding hydrogens is 348 g/mol. The molecule has 0 aliphatic heterocycles. The van der Waals surface area contributed by atoms with Gasteiger partial charge in [0, 0.05) is 30.9 Å². The second kappa shape index (κ2) is 7.05. The van der Waals surface area contributed by atoms with E-state index in [0.29, 0.717) is 22.2 Å². The molecule has 0 unspecified atom stereocenters.